The highest BCUT2D eigenvalue weighted by Gasteiger charge is 2.10. The van der Waals surface area contributed by atoms with E-state index >= 15 is 0 Å². The molecule has 0 radical (unpaired) electrons. The van der Waals surface area contributed by atoms with Crippen molar-refractivity contribution in [2.75, 3.05) is 25.0 Å². The molecule has 1 aromatic heterocycles. The van der Waals surface area contributed by atoms with Gasteiger partial charge in [0.25, 0.3) is 0 Å². The number of likely N-dealkylation sites (tertiary alicyclic amines) is 1. The number of aromatic nitrogens is 3. The third-order valence-corrected chi connectivity index (χ3v) is 3.75. The molecule has 0 aliphatic carbocycles. The van der Waals surface area contributed by atoms with Crippen LogP contribution in [0.15, 0.2) is 30.5 Å². The maximum atomic E-state index is 12.8. The van der Waals surface area contributed by atoms with Gasteiger partial charge in [-0.3, -0.25) is 0 Å². The lowest BCUT2D eigenvalue weighted by atomic mass is 10.1. The molecule has 0 unspecified atom stereocenters. The highest BCUT2D eigenvalue weighted by atomic mass is 19.1. The molecule has 0 saturated carbocycles. The second-order valence-electron chi connectivity index (χ2n) is 5.40. The lowest BCUT2D eigenvalue weighted by Crippen LogP contribution is -2.32. The molecule has 1 aromatic carbocycles. The van der Waals surface area contributed by atoms with Crippen LogP contribution in [0.1, 0.15) is 19.3 Å². The summed E-state index contributed by atoms with van der Waals surface area (Å²) >= 11 is 0. The average Bonchev–Trinajstić information content (AvgIpc) is 2.96. The van der Waals surface area contributed by atoms with Crippen LogP contribution in [0.3, 0.4) is 0 Å². The quantitative estimate of drug-likeness (QED) is 0.919. The normalized spacial score (nSPS) is 16.0. The van der Waals surface area contributed by atoms with Crippen molar-refractivity contribution in [3.8, 4) is 0 Å². The minimum atomic E-state index is -0.245. The monoisotopic (exact) mass is 289 g/mol. The summed E-state index contributed by atoms with van der Waals surface area (Å²) in [4.78, 5) is 2.47. The number of piperidine rings is 1. The first-order chi connectivity index (χ1) is 10.3. The van der Waals surface area contributed by atoms with Crippen molar-refractivity contribution < 1.29 is 4.39 Å². The summed E-state index contributed by atoms with van der Waals surface area (Å²) in [7, 11) is 0. The molecule has 2 aromatic rings. The Bertz CT molecular complexity index is 560. The number of hydrogen-bond acceptors (Lipinski definition) is 4. The average molecular weight is 289 g/mol. The first-order valence-electron chi connectivity index (χ1n) is 7.45. The fraction of sp³-hybridized carbons (Fsp3) is 0.467. The highest BCUT2D eigenvalue weighted by molar-refractivity contribution is 5.54. The van der Waals surface area contributed by atoms with Gasteiger partial charge in [-0.2, -0.15) is 0 Å². The van der Waals surface area contributed by atoms with Crippen LogP contribution in [0.5, 0.6) is 0 Å². The summed E-state index contributed by atoms with van der Waals surface area (Å²) in [6, 6.07) is 6.20. The molecular formula is C15H20FN5. The zero-order chi connectivity index (χ0) is 14.5. The van der Waals surface area contributed by atoms with E-state index in [2.05, 4.69) is 20.5 Å². The summed E-state index contributed by atoms with van der Waals surface area (Å²) in [5, 5.41) is 11.3. The Balaban J connectivity index is 1.52. The van der Waals surface area contributed by atoms with Gasteiger partial charge in [0.2, 0.25) is 0 Å². The topological polar surface area (TPSA) is 46.0 Å². The molecule has 3 rings (SSSR count). The molecule has 1 N–H and O–H groups in total. The van der Waals surface area contributed by atoms with Crippen LogP contribution in [0, 0.1) is 5.82 Å². The van der Waals surface area contributed by atoms with Crippen LogP contribution < -0.4 is 5.32 Å². The minimum Gasteiger partial charge on any atom is -0.337 e. The van der Waals surface area contributed by atoms with Crippen LogP contribution in [0.2, 0.25) is 0 Å². The van der Waals surface area contributed by atoms with Crippen LogP contribution in [0.4, 0.5) is 15.9 Å². The summed E-state index contributed by atoms with van der Waals surface area (Å²) in [6.07, 6.45) is 5.84. The van der Waals surface area contributed by atoms with Gasteiger partial charge < -0.3 is 10.2 Å². The molecule has 1 fully saturated rings. The van der Waals surface area contributed by atoms with E-state index in [4.69, 9.17) is 0 Å². The van der Waals surface area contributed by atoms with Crippen molar-refractivity contribution in [1.82, 2.24) is 19.9 Å². The van der Waals surface area contributed by atoms with E-state index in [0.717, 1.165) is 18.8 Å². The molecule has 0 spiro atoms. The van der Waals surface area contributed by atoms with E-state index in [1.165, 1.54) is 44.5 Å². The Hall–Kier alpha value is -1.95. The van der Waals surface area contributed by atoms with Gasteiger partial charge in [0.1, 0.15) is 5.82 Å². The Labute approximate surface area is 123 Å². The number of benzene rings is 1. The first-order valence-corrected chi connectivity index (χ1v) is 7.45. The second-order valence-corrected chi connectivity index (χ2v) is 5.40. The molecule has 1 aliphatic heterocycles. The Kier molecular flexibility index (Phi) is 4.45. The lowest BCUT2D eigenvalue weighted by Gasteiger charge is -2.25. The summed E-state index contributed by atoms with van der Waals surface area (Å²) in [5.41, 5.74) is 0.805. The van der Waals surface area contributed by atoms with Gasteiger partial charge in [0.15, 0.2) is 5.82 Å². The van der Waals surface area contributed by atoms with Crippen LogP contribution in [-0.4, -0.2) is 39.5 Å². The van der Waals surface area contributed by atoms with Gasteiger partial charge in [0.05, 0.1) is 12.7 Å². The van der Waals surface area contributed by atoms with Gasteiger partial charge >= 0.3 is 0 Å². The molecule has 0 atom stereocenters. The summed E-state index contributed by atoms with van der Waals surface area (Å²) in [6.45, 7) is 4.24. The fourth-order valence-electron chi connectivity index (χ4n) is 2.57. The van der Waals surface area contributed by atoms with E-state index in [1.54, 1.807) is 12.1 Å². The van der Waals surface area contributed by atoms with Crippen LogP contribution in [0.25, 0.3) is 0 Å². The summed E-state index contributed by atoms with van der Waals surface area (Å²) in [5.74, 6) is 0.436. The van der Waals surface area contributed by atoms with Crippen molar-refractivity contribution in [2.45, 2.75) is 25.8 Å². The molecule has 1 saturated heterocycles. The number of rotatable bonds is 5. The smallest absolute Gasteiger partial charge is 0.172 e. The molecule has 21 heavy (non-hydrogen) atoms. The standard InChI is InChI=1S/C15H20FN5/c16-13-4-6-14(7-5-13)17-15-12-21(19-18-15)11-10-20-8-2-1-3-9-20/h4-7,12,17H,1-3,8-11H2. The highest BCUT2D eigenvalue weighted by Crippen LogP contribution is 2.14. The molecule has 2 heterocycles. The maximum Gasteiger partial charge on any atom is 0.172 e. The van der Waals surface area contributed by atoms with Gasteiger partial charge in [-0.15, -0.1) is 5.10 Å². The van der Waals surface area contributed by atoms with Crippen molar-refractivity contribution in [2.24, 2.45) is 0 Å². The van der Waals surface area contributed by atoms with Crippen molar-refractivity contribution in [1.29, 1.82) is 0 Å². The van der Waals surface area contributed by atoms with Crippen molar-refractivity contribution in [3.63, 3.8) is 0 Å². The van der Waals surface area contributed by atoms with Gasteiger partial charge in [-0.05, 0) is 50.2 Å². The molecule has 0 bridgehead atoms. The Morgan fingerprint density at radius 3 is 2.57 bits per heavy atom. The number of nitrogens with one attached hydrogen (secondary N) is 1. The second kappa shape index (κ2) is 6.67. The SMILES string of the molecule is Fc1ccc(Nc2cn(CCN3CCCCC3)nn2)cc1. The molecule has 112 valence electrons. The summed E-state index contributed by atoms with van der Waals surface area (Å²) < 4.78 is 14.7. The van der Waals surface area contributed by atoms with Crippen LogP contribution in [-0.2, 0) is 6.54 Å². The molecule has 5 nitrogen and oxygen atoms in total. The number of nitrogens with zero attached hydrogens (tertiary/aromatic N) is 4. The van der Waals surface area contributed by atoms with E-state index in [0.29, 0.717) is 5.82 Å². The third kappa shape index (κ3) is 4.01. The fourth-order valence-corrected chi connectivity index (χ4v) is 2.57. The van der Waals surface area contributed by atoms with Gasteiger partial charge in [0, 0.05) is 12.2 Å². The largest absolute Gasteiger partial charge is 0.337 e. The van der Waals surface area contributed by atoms with Crippen molar-refractivity contribution in [3.05, 3.63) is 36.3 Å². The lowest BCUT2D eigenvalue weighted by molar-refractivity contribution is 0.217. The van der Waals surface area contributed by atoms with Gasteiger partial charge in [-0.1, -0.05) is 11.6 Å². The van der Waals surface area contributed by atoms with E-state index in [-0.39, 0.29) is 5.82 Å². The number of hydrogen-bond donors (Lipinski definition) is 1. The van der Waals surface area contributed by atoms with E-state index < -0.39 is 0 Å². The number of anilines is 2. The molecule has 1 aliphatic rings. The van der Waals surface area contributed by atoms with Gasteiger partial charge in [-0.25, -0.2) is 9.07 Å². The Morgan fingerprint density at radius 1 is 1.05 bits per heavy atom. The van der Waals surface area contributed by atoms with E-state index in [9.17, 15) is 4.39 Å². The predicted octanol–water partition coefficient (Wildman–Crippen LogP) is 2.65. The third-order valence-electron chi connectivity index (χ3n) is 3.75. The van der Waals surface area contributed by atoms with Crippen LogP contribution >= 0.6 is 0 Å². The molecule has 6 heteroatoms. The maximum absolute atomic E-state index is 12.8. The zero-order valence-corrected chi connectivity index (χ0v) is 12.0. The predicted molar refractivity (Wildman–Crippen MR) is 80.0 cm³/mol. The number of halogens is 1. The molecular weight excluding hydrogens is 269 g/mol. The zero-order valence-electron chi connectivity index (χ0n) is 12.0. The minimum absolute atomic E-state index is 0.245. The van der Waals surface area contributed by atoms with Crippen molar-refractivity contribution >= 4 is 11.5 Å². The first kappa shape index (κ1) is 14.0. The van der Waals surface area contributed by atoms with E-state index in [1.807, 2.05) is 10.9 Å². The molecule has 0 amide bonds. The Morgan fingerprint density at radius 2 is 1.81 bits per heavy atom.